The van der Waals surface area contributed by atoms with E-state index in [0.29, 0.717) is 5.91 Å². The summed E-state index contributed by atoms with van der Waals surface area (Å²) in [6, 6.07) is 0.813. The molecule has 2 atom stereocenters. The number of piperazine rings is 1. The lowest BCUT2D eigenvalue weighted by molar-refractivity contribution is -0.137. The van der Waals surface area contributed by atoms with E-state index in [9.17, 15) is 4.79 Å². The maximum Gasteiger partial charge on any atom is 0.227 e. The fourth-order valence-corrected chi connectivity index (χ4v) is 3.90. The smallest absolute Gasteiger partial charge is 0.227 e. The molecule has 136 valence electrons. The number of nitrogens with one attached hydrogen (secondary N) is 1. The van der Waals surface area contributed by atoms with Crippen LogP contribution in [-0.2, 0) is 11.8 Å². The maximum atomic E-state index is 12.9. The molecule has 2 saturated heterocycles. The third-order valence-electron chi connectivity index (χ3n) is 5.37. The van der Waals surface area contributed by atoms with Gasteiger partial charge in [-0.2, -0.15) is 5.10 Å². The topological polar surface area (TPSA) is 53.4 Å². The van der Waals surface area contributed by atoms with Crippen molar-refractivity contribution >= 4 is 30.7 Å². The average molecular weight is 376 g/mol. The number of rotatable bonds is 3. The van der Waals surface area contributed by atoms with Crippen LogP contribution < -0.4 is 5.32 Å². The number of hydrogen-bond acceptors (Lipinski definition) is 4. The highest BCUT2D eigenvalue weighted by molar-refractivity contribution is 5.85. The monoisotopic (exact) mass is 375 g/mol. The summed E-state index contributed by atoms with van der Waals surface area (Å²) in [5, 5.41) is 7.65. The highest BCUT2D eigenvalue weighted by atomic mass is 35.5. The SMILES string of the molecule is Cl.Cl.Cn1cc([C@H]2CNC[C@@H]2C(=O)N2CCN(C3CC3)CC2)cn1. The molecule has 8 heteroatoms. The van der Waals surface area contributed by atoms with Crippen LogP contribution in [-0.4, -0.2) is 70.8 Å². The molecule has 6 nitrogen and oxygen atoms in total. The van der Waals surface area contributed by atoms with Gasteiger partial charge in [-0.15, -0.1) is 24.8 Å². The van der Waals surface area contributed by atoms with Crippen molar-refractivity contribution in [2.75, 3.05) is 39.3 Å². The van der Waals surface area contributed by atoms with Gasteiger partial charge in [0, 0.05) is 64.5 Å². The number of amides is 1. The van der Waals surface area contributed by atoms with Gasteiger partial charge in [0.15, 0.2) is 0 Å². The molecule has 1 aliphatic carbocycles. The second kappa shape index (κ2) is 8.04. The first-order valence-corrected chi connectivity index (χ1v) is 8.44. The third-order valence-corrected chi connectivity index (χ3v) is 5.37. The zero-order chi connectivity index (χ0) is 15.1. The van der Waals surface area contributed by atoms with Gasteiger partial charge < -0.3 is 10.2 Å². The van der Waals surface area contributed by atoms with Crippen LogP contribution in [0.15, 0.2) is 12.4 Å². The molecule has 3 heterocycles. The normalized spacial score (nSPS) is 27.5. The molecule has 0 bridgehead atoms. The average Bonchev–Trinajstić information content (AvgIpc) is 3.11. The molecule has 3 fully saturated rings. The van der Waals surface area contributed by atoms with Gasteiger partial charge in [0.1, 0.15) is 0 Å². The van der Waals surface area contributed by atoms with Gasteiger partial charge in [-0.3, -0.25) is 14.4 Å². The number of carbonyl (C=O) groups excluding carboxylic acids is 1. The zero-order valence-electron chi connectivity index (χ0n) is 14.1. The molecule has 2 aliphatic heterocycles. The first-order valence-electron chi connectivity index (χ1n) is 8.44. The molecule has 1 aromatic rings. The molecule has 0 aromatic carbocycles. The van der Waals surface area contributed by atoms with Crippen LogP contribution in [0.25, 0.3) is 0 Å². The summed E-state index contributed by atoms with van der Waals surface area (Å²) < 4.78 is 1.82. The van der Waals surface area contributed by atoms with E-state index in [1.54, 1.807) is 0 Å². The Balaban J connectivity index is 0.00000104. The van der Waals surface area contributed by atoms with Crippen LogP contribution >= 0.6 is 24.8 Å². The highest BCUT2D eigenvalue weighted by Crippen LogP contribution is 2.31. The van der Waals surface area contributed by atoms with Crippen molar-refractivity contribution in [1.29, 1.82) is 0 Å². The second-order valence-corrected chi connectivity index (χ2v) is 6.91. The minimum atomic E-state index is 0. The third kappa shape index (κ3) is 3.87. The van der Waals surface area contributed by atoms with Crippen molar-refractivity contribution in [3.05, 3.63) is 18.0 Å². The summed E-state index contributed by atoms with van der Waals surface area (Å²) in [5.41, 5.74) is 1.18. The van der Waals surface area contributed by atoms with E-state index in [1.807, 2.05) is 24.1 Å². The van der Waals surface area contributed by atoms with Crippen molar-refractivity contribution in [2.45, 2.75) is 24.8 Å². The van der Waals surface area contributed by atoms with Crippen LogP contribution in [0.4, 0.5) is 0 Å². The first kappa shape index (κ1) is 19.5. The van der Waals surface area contributed by atoms with Crippen molar-refractivity contribution in [1.82, 2.24) is 24.9 Å². The van der Waals surface area contributed by atoms with Gasteiger partial charge in [0.05, 0.1) is 12.1 Å². The largest absolute Gasteiger partial charge is 0.340 e. The molecule has 1 saturated carbocycles. The first-order chi connectivity index (χ1) is 10.7. The van der Waals surface area contributed by atoms with E-state index >= 15 is 0 Å². The van der Waals surface area contributed by atoms with E-state index in [-0.39, 0.29) is 36.6 Å². The molecule has 0 unspecified atom stereocenters. The quantitative estimate of drug-likeness (QED) is 0.851. The Kier molecular flexibility index (Phi) is 6.53. The van der Waals surface area contributed by atoms with E-state index in [2.05, 4.69) is 20.2 Å². The lowest BCUT2D eigenvalue weighted by atomic mass is 9.89. The summed E-state index contributed by atoms with van der Waals surface area (Å²) >= 11 is 0. The summed E-state index contributed by atoms with van der Waals surface area (Å²) in [6.07, 6.45) is 6.65. The van der Waals surface area contributed by atoms with Gasteiger partial charge in [-0.25, -0.2) is 0 Å². The van der Waals surface area contributed by atoms with E-state index in [1.165, 1.54) is 18.4 Å². The van der Waals surface area contributed by atoms with E-state index in [4.69, 9.17) is 0 Å². The van der Waals surface area contributed by atoms with Gasteiger partial charge in [0.25, 0.3) is 0 Å². The van der Waals surface area contributed by atoms with Crippen molar-refractivity contribution in [3.63, 3.8) is 0 Å². The Morgan fingerprint density at radius 2 is 1.88 bits per heavy atom. The number of hydrogen-bond donors (Lipinski definition) is 1. The minimum Gasteiger partial charge on any atom is -0.340 e. The number of carbonyl (C=O) groups is 1. The standard InChI is InChI=1S/C16H25N5O.2ClH/c1-19-11-12(8-18-19)14-9-17-10-15(14)16(22)21-6-4-20(5-7-21)13-2-3-13;;/h8,11,13-15,17H,2-7,9-10H2,1H3;2*1H/t14-,15+;;/m1../s1. The Morgan fingerprint density at radius 3 is 2.46 bits per heavy atom. The lowest BCUT2D eigenvalue weighted by Crippen LogP contribution is -2.51. The number of nitrogens with zero attached hydrogens (tertiary/aromatic N) is 4. The fraction of sp³-hybridized carbons (Fsp3) is 0.750. The molecule has 0 spiro atoms. The molecule has 1 aromatic heterocycles. The van der Waals surface area contributed by atoms with Gasteiger partial charge in [0.2, 0.25) is 5.91 Å². The summed E-state index contributed by atoms with van der Waals surface area (Å²) in [5.74, 6) is 0.661. The molecule has 24 heavy (non-hydrogen) atoms. The number of aryl methyl sites for hydroxylation is 1. The lowest BCUT2D eigenvalue weighted by Gasteiger charge is -2.36. The summed E-state index contributed by atoms with van der Waals surface area (Å²) in [6.45, 7) is 5.56. The van der Waals surface area contributed by atoms with Crippen molar-refractivity contribution in [2.24, 2.45) is 13.0 Å². The predicted octanol–water partition coefficient (Wildman–Crippen LogP) is 0.873. The number of halogens is 2. The number of aromatic nitrogens is 2. The molecule has 1 amide bonds. The van der Waals surface area contributed by atoms with Crippen LogP contribution in [0.1, 0.15) is 24.3 Å². The Labute approximate surface area is 155 Å². The molecule has 3 aliphatic rings. The van der Waals surface area contributed by atoms with Gasteiger partial charge >= 0.3 is 0 Å². The Hall–Kier alpha value is -0.820. The minimum absolute atomic E-state index is 0. The summed E-state index contributed by atoms with van der Waals surface area (Å²) in [7, 11) is 1.93. The molecular formula is C16H27Cl2N5O. The molecular weight excluding hydrogens is 349 g/mol. The van der Waals surface area contributed by atoms with Gasteiger partial charge in [-0.1, -0.05) is 0 Å². The Morgan fingerprint density at radius 1 is 1.17 bits per heavy atom. The van der Waals surface area contributed by atoms with Gasteiger partial charge in [-0.05, 0) is 18.4 Å². The molecule has 1 N–H and O–H groups in total. The van der Waals surface area contributed by atoms with Crippen molar-refractivity contribution in [3.8, 4) is 0 Å². The van der Waals surface area contributed by atoms with Crippen LogP contribution in [0.5, 0.6) is 0 Å². The fourth-order valence-electron chi connectivity index (χ4n) is 3.90. The highest BCUT2D eigenvalue weighted by Gasteiger charge is 2.39. The Bertz CT molecular complexity index is 554. The van der Waals surface area contributed by atoms with Crippen molar-refractivity contribution < 1.29 is 4.79 Å². The summed E-state index contributed by atoms with van der Waals surface area (Å²) in [4.78, 5) is 17.6. The molecule has 0 radical (unpaired) electrons. The molecule has 4 rings (SSSR count). The van der Waals surface area contributed by atoms with E-state index in [0.717, 1.165) is 45.3 Å². The predicted molar refractivity (Wildman–Crippen MR) is 98.0 cm³/mol. The van der Waals surface area contributed by atoms with Crippen LogP contribution in [0.3, 0.4) is 0 Å². The second-order valence-electron chi connectivity index (χ2n) is 6.91. The van der Waals surface area contributed by atoms with Crippen LogP contribution in [0.2, 0.25) is 0 Å². The van der Waals surface area contributed by atoms with E-state index < -0.39 is 0 Å². The van der Waals surface area contributed by atoms with Crippen LogP contribution in [0, 0.1) is 5.92 Å². The zero-order valence-corrected chi connectivity index (χ0v) is 15.7. The maximum absolute atomic E-state index is 12.9.